The molecule has 0 spiro atoms. The van der Waals surface area contributed by atoms with Gasteiger partial charge in [0.1, 0.15) is 5.82 Å². The molecule has 0 saturated heterocycles. The Morgan fingerprint density at radius 1 is 1.42 bits per heavy atom. The van der Waals surface area contributed by atoms with Crippen LogP contribution in [0.25, 0.3) is 11.1 Å². The zero-order valence-corrected chi connectivity index (χ0v) is 11.2. The predicted octanol–water partition coefficient (Wildman–Crippen LogP) is 3.79. The second-order valence-corrected chi connectivity index (χ2v) is 5.49. The van der Waals surface area contributed by atoms with Crippen molar-refractivity contribution >= 4 is 17.4 Å². The SMILES string of the molecule is Nc1n[nH]c(CC2CCC2)c1-c1ccc(F)cc1Cl. The van der Waals surface area contributed by atoms with Gasteiger partial charge in [-0.2, -0.15) is 5.10 Å². The van der Waals surface area contributed by atoms with E-state index >= 15 is 0 Å². The molecule has 3 nitrogen and oxygen atoms in total. The van der Waals surface area contributed by atoms with Crippen molar-refractivity contribution in [3.63, 3.8) is 0 Å². The van der Waals surface area contributed by atoms with Crippen molar-refractivity contribution in [3.05, 3.63) is 34.7 Å². The quantitative estimate of drug-likeness (QED) is 0.898. The molecule has 1 saturated carbocycles. The van der Waals surface area contributed by atoms with Crippen LogP contribution in [0.2, 0.25) is 5.02 Å². The second-order valence-electron chi connectivity index (χ2n) is 5.09. The Morgan fingerprint density at radius 2 is 2.21 bits per heavy atom. The van der Waals surface area contributed by atoms with Crippen LogP contribution in [-0.2, 0) is 6.42 Å². The van der Waals surface area contributed by atoms with E-state index in [-0.39, 0.29) is 5.82 Å². The van der Waals surface area contributed by atoms with E-state index in [2.05, 4.69) is 10.2 Å². The first-order chi connectivity index (χ1) is 9.15. The van der Waals surface area contributed by atoms with Gasteiger partial charge >= 0.3 is 0 Å². The first-order valence-corrected chi connectivity index (χ1v) is 6.81. The van der Waals surface area contributed by atoms with Crippen LogP contribution in [0.1, 0.15) is 25.0 Å². The number of hydrogen-bond donors (Lipinski definition) is 2. The lowest BCUT2D eigenvalue weighted by molar-refractivity contribution is 0.312. The van der Waals surface area contributed by atoms with Gasteiger partial charge in [-0.1, -0.05) is 30.9 Å². The number of nitrogens with zero attached hydrogens (tertiary/aromatic N) is 1. The standard InChI is InChI=1S/C14H15ClFN3/c15-11-7-9(16)4-5-10(11)13-12(18-19-14(13)17)6-8-2-1-3-8/h4-5,7-8H,1-3,6H2,(H3,17,18,19). The largest absolute Gasteiger partial charge is 0.382 e. The lowest BCUT2D eigenvalue weighted by atomic mass is 9.81. The summed E-state index contributed by atoms with van der Waals surface area (Å²) < 4.78 is 13.1. The highest BCUT2D eigenvalue weighted by atomic mass is 35.5. The summed E-state index contributed by atoms with van der Waals surface area (Å²) >= 11 is 6.11. The molecule has 0 atom stereocenters. The fraction of sp³-hybridized carbons (Fsp3) is 0.357. The third kappa shape index (κ3) is 2.32. The fourth-order valence-electron chi connectivity index (χ4n) is 2.52. The summed E-state index contributed by atoms with van der Waals surface area (Å²) in [5.41, 5.74) is 8.47. The summed E-state index contributed by atoms with van der Waals surface area (Å²) in [5, 5.41) is 7.42. The van der Waals surface area contributed by atoms with E-state index in [0.29, 0.717) is 16.8 Å². The van der Waals surface area contributed by atoms with E-state index in [1.165, 1.54) is 31.4 Å². The number of aromatic nitrogens is 2. The van der Waals surface area contributed by atoms with Crippen LogP contribution in [0.4, 0.5) is 10.2 Å². The summed E-state index contributed by atoms with van der Waals surface area (Å²) in [6.45, 7) is 0. The Kier molecular flexibility index (Phi) is 3.19. The topological polar surface area (TPSA) is 54.7 Å². The van der Waals surface area contributed by atoms with Crippen LogP contribution < -0.4 is 5.73 Å². The van der Waals surface area contributed by atoms with E-state index in [0.717, 1.165) is 23.2 Å². The maximum atomic E-state index is 13.1. The van der Waals surface area contributed by atoms with Gasteiger partial charge in [-0.3, -0.25) is 5.10 Å². The van der Waals surface area contributed by atoms with E-state index in [4.69, 9.17) is 17.3 Å². The second kappa shape index (κ2) is 4.85. The number of rotatable bonds is 3. The predicted molar refractivity (Wildman–Crippen MR) is 74.4 cm³/mol. The lowest BCUT2D eigenvalue weighted by Gasteiger charge is -2.25. The molecule has 2 aromatic rings. The van der Waals surface area contributed by atoms with Crippen LogP contribution in [-0.4, -0.2) is 10.2 Å². The van der Waals surface area contributed by atoms with Gasteiger partial charge in [0.2, 0.25) is 0 Å². The molecule has 1 aromatic heterocycles. The minimum absolute atomic E-state index is 0.351. The maximum absolute atomic E-state index is 13.1. The first-order valence-electron chi connectivity index (χ1n) is 6.43. The maximum Gasteiger partial charge on any atom is 0.153 e. The van der Waals surface area contributed by atoms with Gasteiger partial charge in [0, 0.05) is 16.8 Å². The summed E-state index contributed by atoms with van der Waals surface area (Å²) in [7, 11) is 0. The normalized spacial score (nSPS) is 15.5. The number of nitrogens with two attached hydrogens (primary N) is 1. The molecule has 5 heteroatoms. The van der Waals surface area contributed by atoms with Crippen LogP contribution >= 0.6 is 11.6 Å². The molecule has 0 aliphatic heterocycles. The molecule has 0 amide bonds. The molecule has 1 aliphatic carbocycles. The van der Waals surface area contributed by atoms with Crippen molar-refractivity contribution in [1.82, 2.24) is 10.2 Å². The Hall–Kier alpha value is -1.55. The third-order valence-corrected chi connectivity index (χ3v) is 4.10. The minimum Gasteiger partial charge on any atom is -0.382 e. The number of nitrogens with one attached hydrogen (secondary N) is 1. The fourth-order valence-corrected chi connectivity index (χ4v) is 2.78. The van der Waals surface area contributed by atoms with Gasteiger partial charge in [-0.05, 0) is 30.5 Å². The lowest BCUT2D eigenvalue weighted by Crippen LogP contribution is -2.14. The molecule has 0 radical (unpaired) electrons. The van der Waals surface area contributed by atoms with Crippen molar-refractivity contribution < 1.29 is 4.39 Å². The minimum atomic E-state index is -0.351. The molecule has 1 heterocycles. The van der Waals surface area contributed by atoms with Crippen LogP contribution in [0.15, 0.2) is 18.2 Å². The summed E-state index contributed by atoms with van der Waals surface area (Å²) in [6.07, 6.45) is 4.71. The molecule has 1 fully saturated rings. The monoisotopic (exact) mass is 279 g/mol. The van der Waals surface area contributed by atoms with Gasteiger partial charge in [0.15, 0.2) is 5.82 Å². The van der Waals surface area contributed by atoms with Crippen molar-refractivity contribution in [2.45, 2.75) is 25.7 Å². The number of aromatic amines is 1. The number of nitrogen functional groups attached to an aromatic ring is 1. The first kappa shape index (κ1) is 12.5. The summed E-state index contributed by atoms with van der Waals surface area (Å²) in [6, 6.07) is 4.35. The molecule has 0 bridgehead atoms. The van der Waals surface area contributed by atoms with Crippen LogP contribution in [0.3, 0.4) is 0 Å². The summed E-state index contributed by atoms with van der Waals surface area (Å²) in [4.78, 5) is 0. The number of hydrogen-bond acceptors (Lipinski definition) is 2. The van der Waals surface area contributed by atoms with E-state index in [1.54, 1.807) is 6.07 Å². The van der Waals surface area contributed by atoms with E-state index in [9.17, 15) is 4.39 Å². The third-order valence-electron chi connectivity index (χ3n) is 3.79. The Balaban J connectivity index is 2.00. The highest BCUT2D eigenvalue weighted by molar-refractivity contribution is 6.33. The molecular formula is C14H15ClFN3. The van der Waals surface area contributed by atoms with Crippen molar-refractivity contribution in [2.24, 2.45) is 5.92 Å². The number of halogens is 2. The van der Waals surface area contributed by atoms with Gasteiger partial charge in [0.05, 0.1) is 5.02 Å². The molecule has 100 valence electrons. The molecule has 1 aliphatic rings. The molecule has 3 N–H and O–H groups in total. The average Bonchev–Trinajstić information content (AvgIpc) is 2.66. The molecule has 3 rings (SSSR count). The Labute approximate surface area is 116 Å². The Morgan fingerprint density at radius 3 is 2.84 bits per heavy atom. The highest BCUT2D eigenvalue weighted by Crippen LogP contribution is 2.37. The van der Waals surface area contributed by atoms with Crippen LogP contribution in [0, 0.1) is 11.7 Å². The number of benzene rings is 1. The van der Waals surface area contributed by atoms with Gasteiger partial charge in [0.25, 0.3) is 0 Å². The summed E-state index contributed by atoms with van der Waals surface area (Å²) in [5.74, 6) is 0.761. The molecular weight excluding hydrogens is 265 g/mol. The smallest absolute Gasteiger partial charge is 0.153 e. The van der Waals surface area contributed by atoms with Crippen molar-refractivity contribution in [3.8, 4) is 11.1 Å². The molecule has 0 unspecified atom stereocenters. The average molecular weight is 280 g/mol. The Bertz CT molecular complexity index is 605. The van der Waals surface area contributed by atoms with Gasteiger partial charge < -0.3 is 5.73 Å². The number of H-pyrrole nitrogens is 1. The molecule has 1 aromatic carbocycles. The van der Waals surface area contributed by atoms with Crippen molar-refractivity contribution in [1.29, 1.82) is 0 Å². The van der Waals surface area contributed by atoms with E-state index < -0.39 is 0 Å². The van der Waals surface area contributed by atoms with Crippen molar-refractivity contribution in [2.75, 3.05) is 5.73 Å². The van der Waals surface area contributed by atoms with Gasteiger partial charge in [-0.15, -0.1) is 0 Å². The zero-order chi connectivity index (χ0) is 13.4. The van der Waals surface area contributed by atoms with Crippen LogP contribution in [0.5, 0.6) is 0 Å². The van der Waals surface area contributed by atoms with E-state index in [1.807, 2.05) is 0 Å². The highest BCUT2D eigenvalue weighted by Gasteiger charge is 2.23. The zero-order valence-electron chi connectivity index (χ0n) is 10.4. The van der Waals surface area contributed by atoms with Gasteiger partial charge in [-0.25, -0.2) is 4.39 Å². The number of anilines is 1. The molecule has 19 heavy (non-hydrogen) atoms.